The highest BCUT2D eigenvalue weighted by atomic mass is 35.5. The molecule has 0 spiro atoms. The molecule has 0 unspecified atom stereocenters. The fourth-order valence-electron chi connectivity index (χ4n) is 2.19. The van der Waals surface area contributed by atoms with Crippen LogP contribution in [0.1, 0.15) is 11.5 Å². The summed E-state index contributed by atoms with van der Waals surface area (Å²) in [5, 5.41) is 7.89. The molecule has 0 aliphatic heterocycles. The molecule has 3 rings (SSSR count). The van der Waals surface area contributed by atoms with Crippen molar-refractivity contribution in [2.45, 2.75) is 12.3 Å². The van der Waals surface area contributed by atoms with Crippen LogP contribution in [0.4, 0.5) is 0 Å². The predicted octanol–water partition coefficient (Wildman–Crippen LogP) is 4.59. The number of hydrogen-bond acceptors (Lipinski definition) is 5. The molecule has 0 aliphatic carbocycles. The van der Waals surface area contributed by atoms with Crippen LogP contribution >= 0.6 is 35.0 Å². The molecule has 0 fully saturated rings. The molecule has 1 N–H and O–H groups in total. The number of hydrogen-bond donors (Lipinski definition) is 1. The van der Waals surface area contributed by atoms with Gasteiger partial charge in [0.2, 0.25) is 17.6 Å². The second kappa shape index (κ2) is 9.07. The maximum atomic E-state index is 11.9. The lowest BCUT2D eigenvalue weighted by Crippen LogP contribution is -2.24. The van der Waals surface area contributed by atoms with E-state index < -0.39 is 0 Å². The number of halogens is 2. The number of thioether (sulfide) groups is 1. The first kappa shape index (κ1) is 18.8. The Morgan fingerprint density at radius 1 is 1.15 bits per heavy atom. The van der Waals surface area contributed by atoms with Crippen LogP contribution in [0, 0.1) is 0 Å². The summed E-state index contributed by atoms with van der Waals surface area (Å²) in [5.41, 5.74) is 1.77. The molecule has 1 aromatic heterocycles. The van der Waals surface area contributed by atoms with Crippen molar-refractivity contribution < 1.29 is 9.32 Å². The second-order valence-corrected chi connectivity index (χ2v) is 7.22. The molecule has 0 radical (unpaired) electrons. The minimum absolute atomic E-state index is 0.102. The SMILES string of the molecule is O=C(CSCc1cccc(Cl)c1)NCc1nc(-c2ccccc2Cl)no1. The minimum Gasteiger partial charge on any atom is -0.346 e. The van der Waals surface area contributed by atoms with Gasteiger partial charge in [-0.25, -0.2) is 0 Å². The Morgan fingerprint density at radius 2 is 2.00 bits per heavy atom. The zero-order valence-corrected chi connectivity index (χ0v) is 15.9. The maximum Gasteiger partial charge on any atom is 0.246 e. The first-order valence-corrected chi connectivity index (χ1v) is 9.69. The van der Waals surface area contributed by atoms with Crippen molar-refractivity contribution in [1.29, 1.82) is 0 Å². The zero-order chi connectivity index (χ0) is 18.4. The Kier molecular flexibility index (Phi) is 6.55. The van der Waals surface area contributed by atoms with E-state index in [1.807, 2.05) is 42.5 Å². The van der Waals surface area contributed by atoms with Crippen molar-refractivity contribution in [3.63, 3.8) is 0 Å². The highest BCUT2D eigenvalue weighted by Crippen LogP contribution is 2.24. The molecule has 0 atom stereocenters. The van der Waals surface area contributed by atoms with Gasteiger partial charge in [0.25, 0.3) is 0 Å². The van der Waals surface area contributed by atoms with Crippen molar-refractivity contribution in [2.75, 3.05) is 5.75 Å². The van der Waals surface area contributed by atoms with Crippen molar-refractivity contribution >= 4 is 40.9 Å². The van der Waals surface area contributed by atoms with Gasteiger partial charge in [0.05, 0.1) is 17.3 Å². The lowest BCUT2D eigenvalue weighted by molar-refractivity contribution is -0.118. The number of carbonyl (C=O) groups is 1. The molecule has 3 aromatic rings. The monoisotopic (exact) mass is 407 g/mol. The van der Waals surface area contributed by atoms with Crippen LogP contribution in [0.3, 0.4) is 0 Å². The third kappa shape index (κ3) is 5.24. The van der Waals surface area contributed by atoms with E-state index in [1.54, 1.807) is 6.07 Å². The Morgan fingerprint density at radius 3 is 2.81 bits per heavy atom. The number of amides is 1. The number of rotatable bonds is 7. The van der Waals surface area contributed by atoms with E-state index in [-0.39, 0.29) is 12.5 Å². The third-order valence-electron chi connectivity index (χ3n) is 3.41. The van der Waals surface area contributed by atoms with Gasteiger partial charge in [0, 0.05) is 16.3 Å². The molecule has 0 saturated heterocycles. The van der Waals surface area contributed by atoms with Gasteiger partial charge in [-0.1, -0.05) is 52.6 Å². The number of carbonyl (C=O) groups excluding carboxylic acids is 1. The van der Waals surface area contributed by atoms with Crippen LogP contribution in [-0.2, 0) is 17.1 Å². The summed E-state index contributed by atoms with van der Waals surface area (Å²) < 4.78 is 5.16. The zero-order valence-electron chi connectivity index (χ0n) is 13.6. The van der Waals surface area contributed by atoms with E-state index in [0.717, 1.165) is 5.56 Å². The molecule has 26 heavy (non-hydrogen) atoms. The van der Waals surface area contributed by atoms with Gasteiger partial charge >= 0.3 is 0 Å². The summed E-state index contributed by atoms with van der Waals surface area (Å²) in [5.74, 6) is 1.67. The number of nitrogens with one attached hydrogen (secondary N) is 1. The smallest absolute Gasteiger partial charge is 0.246 e. The largest absolute Gasteiger partial charge is 0.346 e. The number of aromatic nitrogens is 2. The van der Waals surface area contributed by atoms with Crippen LogP contribution in [0.5, 0.6) is 0 Å². The molecular formula is C18H15Cl2N3O2S. The van der Waals surface area contributed by atoms with Gasteiger partial charge in [-0.3, -0.25) is 4.79 Å². The quantitative estimate of drug-likeness (QED) is 0.619. The van der Waals surface area contributed by atoms with Gasteiger partial charge in [-0.2, -0.15) is 4.98 Å². The van der Waals surface area contributed by atoms with Crippen molar-refractivity contribution in [1.82, 2.24) is 15.5 Å². The van der Waals surface area contributed by atoms with Gasteiger partial charge in [0.1, 0.15) is 0 Å². The van der Waals surface area contributed by atoms with Gasteiger partial charge in [-0.15, -0.1) is 11.8 Å². The van der Waals surface area contributed by atoms with Gasteiger partial charge < -0.3 is 9.84 Å². The molecular weight excluding hydrogens is 393 g/mol. The standard InChI is InChI=1S/C18H15Cl2N3O2S/c19-13-5-3-4-12(8-13)10-26-11-16(24)21-9-17-22-18(23-25-17)14-6-1-2-7-15(14)20/h1-8H,9-11H2,(H,21,24). The molecule has 0 aliphatic rings. The summed E-state index contributed by atoms with van der Waals surface area (Å²) in [6.07, 6.45) is 0. The summed E-state index contributed by atoms with van der Waals surface area (Å²) >= 11 is 13.6. The second-order valence-electron chi connectivity index (χ2n) is 5.39. The number of nitrogens with zero attached hydrogens (tertiary/aromatic N) is 2. The average molecular weight is 408 g/mol. The normalized spacial score (nSPS) is 10.7. The van der Waals surface area contributed by atoms with Crippen molar-refractivity contribution in [3.8, 4) is 11.4 Å². The Balaban J connectivity index is 1.45. The molecule has 5 nitrogen and oxygen atoms in total. The van der Waals surface area contributed by atoms with Crippen LogP contribution in [0.25, 0.3) is 11.4 Å². The van der Waals surface area contributed by atoms with Crippen LogP contribution < -0.4 is 5.32 Å². The van der Waals surface area contributed by atoms with Crippen LogP contribution in [0.2, 0.25) is 10.0 Å². The molecule has 2 aromatic carbocycles. The van der Waals surface area contributed by atoms with Crippen LogP contribution in [-0.4, -0.2) is 21.8 Å². The van der Waals surface area contributed by atoms with E-state index in [4.69, 9.17) is 27.7 Å². The van der Waals surface area contributed by atoms with Crippen LogP contribution in [0.15, 0.2) is 53.1 Å². The maximum absolute atomic E-state index is 11.9. The predicted molar refractivity (Wildman–Crippen MR) is 104 cm³/mol. The van der Waals surface area contributed by atoms with E-state index in [1.165, 1.54) is 11.8 Å². The van der Waals surface area contributed by atoms with Crippen molar-refractivity contribution in [2.24, 2.45) is 0 Å². The lowest BCUT2D eigenvalue weighted by atomic mass is 10.2. The highest BCUT2D eigenvalue weighted by molar-refractivity contribution is 7.99. The lowest BCUT2D eigenvalue weighted by Gasteiger charge is -2.03. The van der Waals surface area contributed by atoms with Gasteiger partial charge in [-0.05, 0) is 29.8 Å². The highest BCUT2D eigenvalue weighted by Gasteiger charge is 2.12. The Hall–Kier alpha value is -2.02. The molecule has 1 amide bonds. The summed E-state index contributed by atoms with van der Waals surface area (Å²) in [6.45, 7) is 0.175. The number of benzene rings is 2. The molecule has 134 valence electrons. The topological polar surface area (TPSA) is 68.0 Å². The van der Waals surface area contributed by atoms with E-state index >= 15 is 0 Å². The first-order chi connectivity index (χ1) is 12.6. The fourth-order valence-corrected chi connectivity index (χ4v) is 3.43. The molecule has 8 heteroatoms. The van der Waals surface area contributed by atoms with E-state index in [2.05, 4.69) is 15.5 Å². The fraction of sp³-hybridized carbons (Fsp3) is 0.167. The minimum atomic E-state index is -0.102. The van der Waals surface area contributed by atoms with Crippen molar-refractivity contribution in [3.05, 3.63) is 70.0 Å². The summed E-state index contributed by atoms with van der Waals surface area (Å²) in [4.78, 5) is 16.2. The molecule has 1 heterocycles. The summed E-state index contributed by atoms with van der Waals surface area (Å²) in [7, 11) is 0. The van der Waals surface area contributed by atoms with Gasteiger partial charge in [0.15, 0.2) is 0 Å². The molecule has 0 saturated carbocycles. The Bertz CT molecular complexity index is 901. The third-order valence-corrected chi connectivity index (χ3v) is 4.98. The molecule has 0 bridgehead atoms. The summed E-state index contributed by atoms with van der Waals surface area (Å²) in [6, 6.07) is 14.8. The van der Waals surface area contributed by atoms with E-state index in [9.17, 15) is 4.79 Å². The van der Waals surface area contributed by atoms with E-state index in [0.29, 0.717) is 38.8 Å². The first-order valence-electron chi connectivity index (χ1n) is 7.78. The average Bonchev–Trinajstić information content (AvgIpc) is 3.09. The Labute approximate surface area is 165 Å².